The molecule has 1 aromatic heterocycles. The first-order valence-electron chi connectivity index (χ1n) is 5.02. The molecule has 2 rings (SSSR count). The first-order chi connectivity index (χ1) is 6.68. The molecule has 1 aliphatic heterocycles. The van der Waals surface area contributed by atoms with Gasteiger partial charge in [0.05, 0.1) is 6.04 Å². The van der Waals surface area contributed by atoms with Gasteiger partial charge in [-0.25, -0.2) is 0 Å². The van der Waals surface area contributed by atoms with Crippen LogP contribution in [-0.4, -0.2) is 38.8 Å². The summed E-state index contributed by atoms with van der Waals surface area (Å²) in [4.78, 5) is 2.36. The monoisotopic (exact) mass is 195 g/mol. The van der Waals surface area contributed by atoms with Crippen molar-refractivity contribution in [3.05, 3.63) is 12.2 Å². The number of aryl methyl sites for hydroxylation is 1. The average molecular weight is 195 g/mol. The van der Waals surface area contributed by atoms with Crippen LogP contribution in [0.25, 0.3) is 0 Å². The summed E-state index contributed by atoms with van der Waals surface area (Å²) < 4.78 is 1.97. The van der Waals surface area contributed by atoms with Gasteiger partial charge in [0.25, 0.3) is 0 Å². The van der Waals surface area contributed by atoms with E-state index in [0.717, 1.165) is 25.3 Å². The SMILES string of the molecule is CC(c1nncn1C)N1CCC(N)C1. The Kier molecular flexibility index (Phi) is 2.52. The minimum Gasteiger partial charge on any atom is -0.326 e. The highest BCUT2D eigenvalue weighted by atomic mass is 15.3. The highest BCUT2D eigenvalue weighted by Gasteiger charge is 2.26. The molecule has 5 nitrogen and oxygen atoms in total. The van der Waals surface area contributed by atoms with Crippen molar-refractivity contribution in [2.45, 2.75) is 25.4 Å². The quantitative estimate of drug-likeness (QED) is 0.716. The van der Waals surface area contributed by atoms with Crippen molar-refractivity contribution in [2.24, 2.45) is 12.8 Å². The second-order valence-electron chi connectivity index (χ2n) is 4.02. The van der Waals surface area contributed by atoms with E-state index in [1.54, 1.807) is 6.33 Å². The van der Waals surface area contributed by atoms with E-state index in [9.17, 15) is 0 Å². The highest BCUT2D eigenvalue weighted by Crippen LogP contribution is 2.21. The number of aromatic nitrogens is 3. The molecule has 1 fully saturated rings. The molecule has 78 valence electrons. The van der Waals surface area contributed by atoms with Gasteiger partial charge in [-0.1, -0.05) is 0 Å². The zero-order valence-electron chi connectivity index (χ0n) is 8.72. The molecule has 1 saturated heterocycles. The summed E-state index contributed by atoms with van der Waals surface area (Å²) >= 11 is 0. The zero-order valence-corrected chi connectivity index (χ0v) is 8.72. The molecule has 1 aliphatic rings. The summed E-state index contributed by atoms with van der Waals surface area (Å²) in [6.45, 7) is 4.19. The lowest BCUT2D eigenvalue weighted by molar-refractivity contribution is 0.246. The van der Waals surface area contributed by atoms with Gasteiger partial charge in [0, 0.05) is 26.2 Å². The maximum Gasteiger partial charge on any atom is 0.149 e. The first kappa shape index (κ1) is 9.61. The summed E-state index contributed by atoms with van der Waals surface area (Å²) in [5.41, 5.74) is 5.87. The summed E-state index contributed by atoms with van der Waals surface area (Å²) in [5, 5.41) is 8.00. The third-order valence-electron chi connectivity index (χ3n) is 2.92. The lowest BCUT2D eigenvalue weighted by Gasteiger charge is -2.22. The Balaban J connectivity index is 2.09. The molecule has 0 spiro atoms. The summed E-state index contributed by atoms with van der Waals surface area (Å²) in [5.74, 6) is 1.01. The molecule has 2 heterocycles. The minimum absolute atomic E-state index is 0.316. The van der Waals surface area contributed by atoms with Gasteiger partial charge in [-0.15, -0.1) is 10.2 Å². The molecule has 2 unspecified atom stereocenters. The third-order valence-corrected chi connectivity index (χ3v) is 2.92. The van der Waals surface area contributed by atoms with E-state index >= 15 is 0 Å². The number of rotatable bonds is 2. The van der Waals surface area contributed by atoms with E-state index in [4.69, 9.17) is 5.73 Å². The van der Waals surface area contributed by atoms with Crippen molar-refractivity contribution in [3.8, 4) is 0 Å². The van der Waals surface area contributed by atoms with Crippen molar-refractivity contribution in [2.75, 3.05) is 13.1 Å². The molecule has 14 heavy (non-hydrogen) atoms. The Bertz CT molecular complexity index is 308. The number of hydrogen-bond donors (Lipinski definition) is 1. The van der Waals surface area contributed by atoms with Crippen LogP contribution in [0.5, 0.6) is 0 Å². The van der Waals surface area contributed by atoms with E-state index < -0.39 is 0 Å². The van der Waals surface area contributed by atoms with Gasteiger partial charge in [-0.2, -0.15) is 0 Å². The molecule has 5 heteroatoms. The topological polar surface area (TPSA) is 60.0 Å². The molecular weight excluding hydrogens is 178 g/mol. The molecule has 0 bridgehead atoms. The second kappa shape index (κ2) is 3.67. The molecule has 2 N–H and O–H groups in total. The molecule has 2 atom stereocenters. The van der Waals surface area contributed by atoms with Gasteiger partial charge in [0.1, 0.15) is 12.2 Å². The van der Waals surface area contributed by atoms with Crippen LogP contribution in [-0.2, 0) is 7.05 Å². The van der Waals surface area contributed by atoms with Crippen LogP contribution in [0.3, 0.4) is 0 Å². The standard InChI is InChI=1S/C9H17N5/c1-7(9-12-11-6-13(9)2)14-4-3-8(10)5-14/h6-8H,3-5,10H2,1-2H3. The predicted molar refractivity (Wildman–Crippen MR) is 53.6 cm³/mol. The Morgan fingerprint density at radius 3 is 2.93 bits per heavy atom. The van der Waals surface area contributed by atoms with Gasteiger partial charge >= 0.3 is 0 Å². The van der Waals surface area contributed by atoms with Crippen LogP contribution in [0.2, 0.25) is 0 Å². The Hall–Kier alpha value is -0.940. The number of hydrogen-bond acceptors (Lipinski definition) is 4. The van der Waals surface area contributed by atoms with Gasteiger partial charge < -0.3 is 10.3 Å². The van der Waals surface area contributed by atoms with E-state index in [-0.39, 0.29) is 0 Å². The van der Waals surface area contributed by atoms with Crippen LogP contribution < -0.4 is 5.73 Å². The van der Waals surface area contributed by atoms with Crippen LogP contribution >= 0.6 is 0 Å². The van der Waals surface area contributed by atoms with Crippen LogP contribution in [0, 0.1) is 0 Å². The molecule has 0 amide bonds. The molecule has 0 aromatic carbocycles. The van der Waals surface area contributed by atoms with Gasteiger partial charge in [-0.05, 0) is 13.3 Å². The second-order valence-corrected chi connectivity index (χ2v) is 4.02. The fraction of sp³-hybridized carbons (Fsp3) is 0.778. The zero-order chi connectivity index (χ0) is 10.1. The summed E-state index contributed by atoms with van der Waals surface area (Å²) in [6.07, 6.45) is 2.82. The highest BCUT2D eigenvalue weighted by molar-refractivity contribution is 4.95. The number of nitrogens with zero attached hydrogens (tertiary/aromatic N) is 4. The lowest BCUT2D eigenvalue weighted by atomic mass is 10.3. The van der Waals surface area contributed by atoms with Crippen LogP contribution in [0.1, 0.15) is 25.2 Å². The van der Waals surface area contributed by atoms with Crippen molar-refractivity contribution >= 4 is 0 Å². The van der Waals surface area contributed by atoms with Crippen molar-refractivity contribution in [3.63, 3.8) is 0 Å². The average Bonchev–Trinajstić information content (AvgIpc) is 2.73. The molecule has 0 radical (unpaired) electrons. The Labute approximate surface area is 83.9 Å². The van der Waals surface area contributed by atoms with Crippen LogP contribution in [0.4, 0.5) is 0 Å². The maximum absolute atomic E-state index is 5.87. The normalized spacial score (nSPS) is 25.5. The van der Waals surface area contributed by atoms with E-state index in [2.05, 4.69) is 22.0 Å². The van der Waals surface area contributed by atoms with Gasteiger partial charge in [0.2, 0.25) is 0 Å². The van der Waals surface area contributed by atoms with E-state index in [1.165, 1.54) is 0 Å². The summed E-state index contributed by atoms with van der Waals surface area (Å²) in [7, 11) is 1.97. The minimum atomic E-state index is 0.316. The maximum atomic E-state index is 5.87. The smallest absolute Gasteiger partial charge is 0.149 e. The first-order valence-corrected chi connectivity index (χ1v) is 5.02. The van der Waals surface area contributed by atoms with Gasteiger partial charge in [-0.3, -0.25) is 4.90 Å². The lowest BCUT2D eigenvalue weighted by Crippen LogP contribution is -2.30. The summed E-state index contributed by atoms with van der Waals surface area (Å²) in [6, 6.07) is 0.640. The van der Waals surface area contributed by atoms with Crippen molar-refractivity contribution in [1.29, 1.82) is 0 Å². The van der Waals surface area contributed by atoms with Crippen LogP contribution in [0.15, 0.2) is 6.33 Å². The molecule has 1 aromatic rings. The fourth-order valence-electron chi connectivity index (χ4n) is 2.00. The molecule has 0 saturated carbocycles. The molecule has 0 aliphatic carbocycles. The van der Waals surface area contributed by atoms with Gasteiger partial charge in [0.15, 0.2) is 0 Å². The van der Waals surface area contributed by atoms with E-state index in [0.29, 0.717) is 12.1 Å². The number of likely N-dealkylation sites (tertiary alicyclic amines) is 1. The number of nitrogens with two attached hydrogens (primary N) is 1. The Morgan fingerprint density at radius 1 is 1.64 bits per heavy atom. The predicted octanol–water partition coefficient (Wildman–Crippen LogP) is -0.0909. The van der Waals surface area contributed by atoms with E-state index in [1.807, 2.05) is 11.6 Å². The Morgan fingerprint density at radius 2 is 2.43 bits per heavy atom. The largest absolute Gasteiger partial charge is 0.326 e. The molecular formula is C9H17N5. The third kappa shape index (κ3) is 1.65. The van der Waals surface area contributed by atoms with Crippen molar-refractivity contribution in [1.82, 2.24) is 19.7 Å². The fourth-order valence-corrected chi connectivity index (χ4v) is 2.00. The van der Waals surface area contributed by atoms with Crippen molar-refractivity contribution < 1.29 is 0 Å².